The van der Waals surface area contributed by atoms with E-state index in [1.165, 1.54) is 6.20 Å². The van der Waals surface area contributed by atoms with Gasteiger partial charge in [-0.2, -0.15) is 0 Å². The van der Waals surface area contributed by atoms with Crippen molar-refractivity contribution in [3.05, 3.63) is 53.4 Å². The van der Waals surface area contributed by atoms with Crippen LogP contribution in [0.3, 0.4) is 0 Å². The second-order valence-electron chi connectivity index (χ2n) is 4.41. The summed E-state index contributed by atoms with van der Waals surface area (Å²) in [5.74, 6) is 0.430. The number of hydrogen-bond donors (Lipinski definition) is 2. The fourth-order valence-electron chi connectivity index (χ4n) is 1.74. The van der Waals surface area contributed by atoms with Crippen molar-refractivity contribution in [2.45, 2.75) is 18.8 Å². The van der Waals surface area contributed by atoms with Crippen LogP contribution in [0.4, 0.5) is 0 Å². The number of nitrogens with zero attached hydrogens (tertiary/aromatic N) is 1. The predicted molar refractivity (Wildman–Crippen MR) is 75.2 cm³/mol. The molecule has 0 unspecified atom stereocenters. The Hall–Kier alpha value is -1.70. The molecule has 108 valence electrons. The molecule has 0 spiro atoms. The fraction of sp³-hybridized carbons (Fsp3) is 0.308. The number of aromatic nitrogens is 1. The first kappa shape index (κ1) is 14.7. The molecule has 0 atom stereocenters. The SMILES string of the molecule is CNCc1ccc(CS(=O)(=O)NCc2ccno2)cc1. The van der Waals surface area contributed by atoms with Crippen LogP contribution in [0, 0.1) is 0 Å². The van der Waals surface area contributed by atoms with E-state index in [4.69, 9.17) is 4.52 Å². The molecular formula is C13H17N3O3S. The Labute approximate surface area is 118 Å². The zero-order valence-corrected chi connectivity index (χ0v) is 12.0. The van der Waals surface area contributed by atoms with Crippen LogP contribution in [0.2, 0.25) is 0 Å². The molecule has 2 N–H and O–H groups in total. The van der Waals surface area contributed by atoms with Gasteiger partial charge in [-0.25, -0.2) is 13.1 Å². The van der Waals surface area contributed by atoms with Gasteiger partial charge in [0, 0.05) is 12.6 Å². The summed E-state index contributed by atoms with van der Waals surface area (Å²) in [5, 5.41) is 6.56. The minimum atomic E-state index is -3.39. The number of nitrogens with one attached hydrogen (secondary N) is 2. The molecule has 0 radical (unpaired) electrons. The van der Waals surface area contributed by atoms with Crippen LogP contribution in [0.5, 0.6) is 0 Å². The minimum absolute atomic E-state index is 0.0546. The third kappa shape index (κ3) is 4.44. The molecule has 1 aromatic carbocycles. The molecule has 2 rings (SSSR count). The summed E-state index contributed by atoms with van der Waals surface area (Å²) in [6, 6.07) is 9.09. The Balaban J connectivity index is 1.93. The van der Waals surface area contributed by atoms with E-state index in [1.54, 1.807) is 6.07 Å². The predicted octanol–water partition coefficient (Wildman–Crippen LogP) is 1.01. The van der Waals surface area contributed by atoms with Crippen LogP contribution in [-0.4, -0.2) is 20.6 Å². The van der Waals surface area contributed by atoms with Gasteiger partial charge in [0.2, 0.25) is 10.0 Å². The summed E-state index contributed by atoms with van der Waals surface area (Å²) in [7, 11) is -1.52. The molecule has 0 saturated heterocycles. The van der Waals surface area contributed by atoms with E-state index >= 15 is 0 Å². The van der Waals surface area contributed by atoms with Crippen LogP contribution >= 0.6 is 0 Å². The Bertz CT molecular complexity index is 621. The molecular weight excluding hydrogens is 278 g/mol. The normalized spacial score (nSPS) is 11.7. The van der Waals surface area contributed by atoms with Gasteiger partial charge in [0.25, 0.3) is 0 Å². The monoisotopic (exact) mass is 295 g/mol. The van der Waals surface area contributed by atoms with Gasteiger partial charge in [-0.1, -0.05) is 29.4 Å². The van der Waals surface area contributed by atoms with Crippen molar-refractivity contribution in [1.82, 2.24) is 15.2 Å². The van der Waals surface area contributed by atoms with Crippen LogP contribution in [0.25, 0.3) is 0 Å². The topological polar surface area (TPSA) is 84.2 Å². The van der Waals surface area contributed by atoms with Crippen molar-refractivity contribution >= 4 is 10.0 Å². The number of hydrogen-bond acceptors (Lipinski definition) is 5. The summed E-state index contributed by atoms with van der Waals surface area (Å²) in [6.07, 6.45) is 1.48. The largest absolute Gasteiger partial charge is 0.360 e. The van der Waals surface area contributed by atoms with Crippen molar-refractivity contribution in [2.24, 2.45) is 0 Å². The average Bonchev–Trinajstić information content (AvgIpc) is 2.92. The lowest BCUT2D eigenvalue weighted by Gasteiger charge is -2.06. The van der Waals surface area contributed by atoms with Crippen molar-refractivity contribution in [2.75, 3.05) is 7.05 Å². The highest BCUT2D eigenvalue weighted by Gasteiger charge is 2.12. The lowest BCUT2D eigenvalue weighted by atomic mass is 10.1. The molecule has 6 nitrogen and oxygen atoms in total. The van der Waals surface area contributed by atoms with Gasteiger partial charge in [-0.05, 0) is 18.2 Å². The van der Waals surface area contributed by atoms with Gasteiger partial charge in [0.05, 0.1) is 18.5 Å². The molecule has 0 aliphatic rings. The van der Waals surface area contributed by atoms with E-state index in [9.17, 15) is 8.42 Å². The zero-order chi connectivity index (χ0) is 14.4. The molecule has 0 amide bonds. The minimum Gasteiger partial charge on any atom is -0.360 e. The van der Waals surface area contributed by atoms with Crippen LogP contribution in [-0.2, 0) is 28.9 Å². The molecule has 0 aliphatic heterocycles. The molecule has 0 bridgehead atoms. The van der Waals surface area contributed by atoms with Gasteiger partial charge in [-0.15, -0.1) is 0 Å². The molecule has 0 saturated carbocycles. The summed E-state index contributed by atoms with van der Waals surface area (Å²) >= 11 is 0. The van der Waals surface area contributed by atoms with Crippen molar-refractivity contribution < 1.29 is 12.9 Å². The zero-order valence-electron chi connectivity index (χ0n) is 11.2. The van der Waals surface area contributed by atoms with Gasteiger partial charge in [0.1, 0.15) is 0 Å². The Morgan fingerprint density at radius 1 is 1.10 bits per heavy atom. The highest BCUT2D eigenvalue weighted by molar-refractivity contribution is 7.88. The van der Waals surface area contributed by atoms with Crippen molar-refractivity contribution in [1.29, 1.82) is 0 Å². The van der Waals surface area contributed by atoms with Crippen LogP contribution in [0.15, 0.2) is 41.1 Å². The van der Waals surface area contributed by atoms with Gasteiger partial charge >= 0.3 is 0 Å². The molecule has 0 aliphatic carbocycles. The maximum Gasteiger partial charge on any atom is 0.216 e. The van der Waals surface area contributed by atoms with Crippen LogP contribution in [0.1, 0.15) is 16.9 Å². The quantitative estimate of drug-likeness (QED) is 0.796. The first-order valence-corrected chi connectivity index (χ1v) is 7.83. The molecule has 20 heavy (non-hydrogen) atoms. The maximum absolute atomic E-state index is 11.9. The van der Waals surface area contributed by atoms with E-state index in [0.717, 1.165) is 17.7 Å². The van der Waals surface area contributed by atoms with Crippen molar-refractivity contribution in [3.8, 4) is 0 Å². The lowest BCUT2D eigenvalue weighted by molar-refractivity contribution is 0.380. The first-order chi connectivity index (χ1) is 9.59. The summed E-state index contributed by atoms with van der Waals surface area (Å²) in [4.78, 5) is 0. The average molecular weight is 295 g/mol. The second-order valence-corrected chi connectivity index (χ2v) is 6.21. The van der Waals surface area contributed by atoms with Gasteiger partial charge in [0.15, 0.2) is 5.76 Å². The lowest BCUT2D eigenvalue weighted by Crippen LogP contribution is -2.24. The molecule has 1 aromatic heterocycles. The van der Waals surface area contributed by atoms with E-state index < -0.39 is 10.0 Å². The second kappa shape index (κ2) is 6.65. The summed E-state index contributed by atoms with van der Waals surface area (Å²) in [6.45, 7) is 0.872. The Morgan fingerprint density at radius 3 is 2.40 bits per heavy atom. The maximum atomic E-state index is 11.9. The van der Waals surface area contributed by atoms with Crippen LogP contribution < -0.4 is 10.0 Å². The number of benzene rings is 1. The van der Waals surface area contributed by atoms with Crippen molar-refractivity contribution in [3.63, 3.8) is 0 Å². The first-order valence-electron chi connectivity index (χ1n) is 6.18. The summed E-state index contributed by atoms with van der Waals surface area (Å²) in [5.41, 5.74) is 1.86. The molecule has 1 heterocycles. The highest BCUT2D eigenvalue weighted by Crippen LogP contribution is 2.08. The van der Waals surface area contributed by atoms with E-state index in [1.807, 2.05) is 31.3 Å². The third-order valence-corrected chi connectivity index (χ3v) is 4.02. The molecule has 0 fully saturated rings. The molecule has 2 aromatic rings. The van der Waals surface area contributed by atoms with E-state index in [2.05, 4.69) is 15.2 Å². The number of rotatable bonds is 7. The molecule has 7 heteroatoms. The van der Waals surface area contributed by atoms with Gasteiger partial charge < -0.3 is 9.84 Å². The van der Waals surface area contributed by atoms with E-state index in [-0.39, 0.29) is 12.3 Å². The fourth-order valence-corrected chi connectivity index (χ4v) is 2.84. The highest BCUT2D eigenvalue weighted by atomic mass is 32.2. The summed E-state index contributed by atoms with van der Waals surface area (Å²) < 4.78 is 31.2. The standard InChI is InChI=1S/C13H17N3O3S/c1-14-8-11-2-4-12(5-3-11)10-20(17,18)16-9-13-6-7-15-19-13/h2-7,14,16H,8-10H2,1H3. The number of sulfonamides is 1. The Morgan fingerprint density at radius 2 is 1.80 bits per heavy atom. The smallest absolute Gasteiger partial charge is 0.216 e. The van der Waals surface area contributed by atoms with E-state index in [0.29, 0.717) is 5.76 Å². The van der Waals surface area contributed by atoms with Gasteiger partial charge in [-0.3, -0.25) is 0 Å². The third-order valence-electron chi connectivity index (χ3n) is 2.72. The Kier molecular flexibility index (Phi) is 4.89.